The number of benzene rings is 1. The Labute approximate surface area is 163 Å². The van der Waals surface area contributed by atoms with Crippen molar-refractivity contribution in [3.63, 3.8) is 0 Å². The maximum absolute atomic E-state index is 13.5. The number of hydrogen-bond donors (Lipinski definition) is 0. The average molecular weight is 400 g/mol. The van der Waals surface area contributed by atoms with E-state index in [4.69, 9.17) is 0 Å². The fourth-order valence-electron chi connectivity index (χ4n) is 3.74. The predicted molar refractivity (Wildman–Crippen MR) is 104 cm³/mol. The largest absolute Gasteiger partial charge is 0.325 e. The van der Waals surface area contributed by atoms with E-state index in [1.807, 2.05) is 25.3 Å². The zero-order valence-electron chi connectivity index (χ0n) is 15.5. The molecular weight excluding hydrogens is 379 g/mol. The molecule has 8 heteroatoms. The van der Waals surface area contributed by atoms with E-state index < -0.39 is 15.8 Å². The molecule has 0 N–H and O–H groups in total. The number of imidazole rings is 1. The van der Waals surface area contributed by atoms with Crippen molar-refractivity contribution in [1.82, 2.24) is 18.8 Å². The maximum Gasteiger partial charge on any atom is 0.243 e. The van der Waals surface area contributed by atoms with Gasteiger partial charge >= 0.3 is 0 Å². The lowest BCUT2D eigenvalue weighted by Gasteiger charge is -2.33. The summed E-state index contributed by atoms with van der Waals surface area (Å²) in [5, 5.41) is 0. The molecule has 4 rings (SSSR count). The molecule has 1 aromatic carbocycles. The summed E-state index contributed by atoms with van der Waals surface area (Å²) in [6.07, 6.45) is 6.65. The summed E-state index contributed by atoms with van der Waals surface area (Å²) < 4.78 is 42.7. The van der Waals surface area contributed by atoms with Gasteiger partial charge in [0.2, 0.25) is 10.0 Å². The van der Waals surface area contributed by atoms with Gasteiger partial charge in [0.25, 0.3) is 0 Å². The summed E-state index contributed by atoms with van der Waals surface area (Å²) >= 11 is 0. The van der Waals surface area contributed by atoms with E-state index >= 15 is 0 Å². The Hall–Kier alpha value is -2.58. The van der Waals surface area contributed by atoms with Crippen molar-refractivity contribution in [1.29, 1.82) is 0 Å². The number of nitrogens with zero attached hydrogens (tertiary/aromatic N) is 4. The first-order valence-corrected chi connectivity index (χ1v) is 10.6. The highest BCUT2D eigenvalue weighted by Crippen LogP contribution is 2.32. The Morgan fingerprint density at radius 3 is 2.50 bits per heavy atom. The number of pyridine rings is 1. The Balaban J connectivity index is 1.55. The lowest BCUT2D eigenvalue weighted by atomic mass is 10.1. The summed E-state index contributed by atoms with van der Waals surface area (Å²) in [6, 6.07) is 9.17. The third-order valence-corrected chi connectivity index (χ3v) is 7.04. The van der Waals surface area contributed by atoms with Gasteiger partial charge in [0, 0.05) is 49.0 Å². The van der Waals surface area contributed by atoms with Gasteiger partial charge in [-0.05, 0) is 50.1 Å². The molecule has 1 saturated heterocycles. The second-order valence-electron chi connectivity index (χ2n) is 6.92. The minimum Gasteiger partial charge on any atom is -0.325 e. The molecule has 0 radical (unpaired) electrons. The van der Waals surface area contributed by atoms with E-state index in [1.165, 1.54) is 22.5 Å². The van der Waals surface area contributed by atoms with Crippen LogP contribution in [0.4, 0.5) is 4.39 Å². The van der Waals surface area contributed by atoms with Gasteiger partial charge < -0.3 is 4.57 Å². The summed E-state index contributed by atoms with van der Waals surface area (Å²) in [4.78, 5) is 8.60. The van der Waals surface area contributed by atoms with Crippen LogP contribution in [0.2, 0.25) is 0 Å². The van der Waals surface area contributed by atoms with E-state index in [1.54, 1.807) is 12.4 Å². The Morgan fingerprint density at radius 2 is 1.82 bits per heavy atom. The van der Waals surface area contributed by atoms with Gasteiger partial charge in [0.15, 0.2) is 0 Å². The Bertz CT molecular complexity index is 1070. The van der Waals surface area contributed by atoms with Crippen molar-refractivity contribution in [2.75, 3.05) is 13.1 Å². The zero-order chi connectivity index (χ0) is 19.7. The first-order valence-electron chi connectivity index (χ1n) is 9.17. The van der Waals surface area contributed by atoms with Crippen LogP contribution in [0.15, 0.2) is 59.9 Å². The van der Waals surface area contributed by atoms with Crippen LogP contribution >= 0.6 is 0 Å². The number of halogens is 1. The second-order valence-corrected chi connectivity index (χ2v) is 8.86. The molecule has 0 aliphatic carbocycles. The summed E-state index contributed by atoms with van der Waals surface area (Å²) in [5.74, 6) is 0.318. The van der Waals surface area contributed by atoms with E-state index in [-0.39, 0.29) is 10.9 Å². The van der Waals surface area contributed by atoms with Crippen LogP contribution in [0.3, 0.4) is 0 Å². The van der Waals surface area contributed by atoms with Gasteiger partial charge in [-0.2, -0.15) is 4.31 Å². The maximum atomic E-state index is 13.5. The molecule has 1 aliphatic rings. The molecule has 0 spiro atoms. The van der Waals surface area contributed by atoms with Crippen molar-refractivity contribution in [2.24, 2.45) is 0 Å². The normalized spacial score (nSPS) is 16.4. The molecule has 146 valence electrons. The molecule has 2 aromatic heterocycles. The molecule has 6 nitrogen and oxygen atoms in total. The van der Waals surface area contributed by atoms with Crippen molar-refractivity contribution in [3.05, 3.63) is 66.5 Å². The monoisotopic (exact) mass is 400 g/mol. The van der Waals surface area contributed by atoms with E-state index in [2.05, 4.69) is 14.5 Å². The van der Waals surface area contributed by atoms with Gasteiger partial charge in [0.1, 0.15) is 11.6 Å². The molecule has 0 amide bonds. The molecule has 0 bridgehead atoms. The van der Waals surface area contributed by atoms with Crippen LogP contribution in [0.1, 0.15) is 24.6 Å². The topological polar surface area (TPSA) is 68.1 Å². The summed E-state index contributed by atoms with van der Waals surface area (Å²) in [7, 11) is -3.69. The van der Waals surface area contributed by atoms with Crippen molar-refractivity contribution in [2.45, 2.75) is 30.7 Å². The number of piperidine rings is 1. The van der Waals surface area contributed by atoms with Gasteiger partial charge in [-0.15, -0.1) is 0 Å². The number of sulfonamides is 1. The van der Waals surface area contributed by atoms with E-state index in [0.717, 1.165) is 23.1 Å². The summed E-state index contributed by atoms with van der Waals surface area (Å²) in [5.41, 5.74) is 2.02. The molecular formula is C20H21FN4O2S. The smallest absolute Gasteiger partial charge is 0.243 e. The minimum absolute atomic E-state index is 0.00207. The lowest BCUT2D eigenvalue weighted by Crippen LogP contribution is -2.39. The van der Waals surface area contributed by atoms with Gasteiger partial charge in [0.05, 0.1) is 4.90 Å². The quantitative estimate of drug-likeness (QED) is 0.673. The Kier molecular flexibility index (Phi) is 4.99. The molecule has 3 aromatic rings. The molecule has 1 fully saturated rings. The lowest BCUT2D eigenvalue weighted by molar-refractivity contribution is 0.273. The van der Waals surface area contributed by atoms with Crippen LogP contribution in [-0.4, -0.2) is 40.3 Å². The number of rotatable bonds is 4. The molecule has 3 heterocycles. The predicted octanol–water partition coefficient (Wildman–Crippen LogP) is 3.42. The molecule has 0 saturated carbocycles. The minimum atomic E-state index is -3.69. The first kappa shape index (κ1) is 18.8. The number of aryl methyl sites for hydroxylation is 1. The third kappa shape index (κ3) is 3.45. The number of aromatic nitrogens is 3. The third-order valence-electron chi connectivity index (χ3n) is 5.14. The van der Waals surface area contributed by atoms with E-state index in [0.29, 0.717) is 25.9 Å². The standard InChI is InChI=1S/C20H21FN4O2S/c1-15-14-23-20(16-5-9-22-10-6-16)25(15)18-7-11-24(12-8-18)28(26,27)19-4-2-3-17(21)13-19/h2-6,9-10,13-14,18H,7-8,11-12H2,1H3. The zero-order valence-corrected chi connectivity index (χ0v) is 16.3. The Morgan fingerprint density at radius 1 is 1.11 bits per heavy atom. The first-order chi connectivity index (χ1) is 13.5. The van der Waals surface area contributed by atoms with E-state index in [9.17, 15) is 12.8 Å². The SMILES string of the molecule is Cc1cnc(-c2ccncc2)n1C1CCN(S(=O)(=O)c2cccc(F)c2)CC1. The highest BCUT2D eigenvalue weighted by Gasteiger charge is 2.31. The summed E-state index contributed by atoms with van der Waals surface area (Å²) in [6.45, 7) is 2.78. The highest BCUT2D eigenvalue weighted by atomic mass is 32.2. The van der Waals surface area contributed by atoms with Crippen LogP contribution in [-0.2, 0) is 10.0 Å². The van der Waals surface area contributed by atoms with Crippen LogP contribution in [0, 0.1) is 12.7 Å². The van der Waals surface area contributed by atoms with Gasteiger partial charge in [-0.3, -0.25) is 4.98 Å². The van der Waals surface area contributed by atoms with Crippen molar-refractivity contribution in [3.8, 4) is 11.4 Å². The fraction of sp³-hybridized carbons (Fsp3) is 0.300. The average Bonchev–Trinajstić information content (AvgIpc) is 3.10. The molecule has 0 atom stereocenters. The highest BCUT2D eigenvalue weighted by molar-refractivity contribution is 7.89. The molecule has 1 aliphatic heterocycles. The van der Waals surface area contributed by atoms with Crippen LogP contribution in [0.25, 0.3) is 11.4 Å². The molecule has 28 heavy (non-hydrogen) atoms. The second kappa shape index (κ2) is 7.44. The van der Waals surface area contributed by atoms with Crippen molar-refractivity contribution < 1.29 is 12.8 Å². The molecule has 0 unspecified atom stereocenters. The van der Waals surface area contributed by atoms with Gasteiger partial charge in [-0.1, -0.05) is 6.07 Å². The van der Waals surface area contributed by atoms with Crippen LogP contribution in [0.5, 0.6) is 0 Å². The fourth-order valence-corrected chi connectivity index (χ4v) is 5.24. The number of hydrogen-bond acceptors (Lipinski definition) is 4. The van der Waals surface area contributed by atoms with Crippen molar-refractivity contribution >= 4 is 10.0 Å². The van der Waals surface area contributed by atoms with Crippen LogP contribution < -0.4 is 0 Å². The van der Waals surface area contributed by atoms with Gasteiger partial charge in [-0.25, -0.2) is 17.8 Å².